The molecule has 1 fully saturated rings. The van der Waals surface area contributed by atoms with Gasteiger partial charge in [-0.05, 0) is 45.1 Å². The van der Waals surface area contributed by atoms with Gasteiger partial charge in [-0.25, -0.2) is 4.79 Å². The maximum Gasteiger partial charge on any atom is 0.337 e. The lowest BCUT2D eigenvalue weighted by atomic mass is 10.0. The molecule has 0 unspecified atom stereocenters. The summed E-state index contributed by atoms with van der Waals surface area (Å²) in [6.45, 7) is 2.12. The number of carboxylic acids is 1. The third kappa shape index (κ3) is 2.97. The van der Waals surface area contributed by atoms with Crippen LogP contribution in [0.25, 0.3) is 0 Å². The minimum atomic E-state index is -0.874. The Labute approximate surface area is 101 Å². The summed E-state index contributed by atoms with van der Waals surface area (Å²) in [7, 11) is 2.11. The number of benzene rings is 1. The molecule has 4 nitrogen and oxygen atoms in total. The van der Waals surface area contributed by atoms with Crippen molar-refractivity contribution in [1.29, 1.82) is 0 Å². The number of likely N-dealkylation sites (tertiary alicyclic amines) is 1. The maximum atomic E-state index is 11.1. The van der Waals surface area contributed by atoms with Crippen molar-refractivity contribution in [3.05, 3.63) is 29.8 Å². The van der Waals surface area contributed by atoms with Crippen LogP contribution in [0.3, 0.4) is 0 Å². The number of carboxylic acid groups (broad SMARTS) is 1. The molecule has 4 heteroatoms. The fourth-order valence-corrected chi connectivity index (χ4v) is 2.17. The molecule has 17 heavy (non-hydrogen) atoms. The van der Waals surface area contributed by atoms with Gasteiger partial charge >= 0.3 is 5.97 Å². The molecule has 1 heterocycles. The lowest BCUT2D eigenvalue weighted by Crippen LogP contribution is -2.37. The van der Waals surface area contributed by atoms with Gasteiger partial charge in [-0.1, -0.05) is 12.1 Å². The van der Waals surface area contributed by atoms with E-state index >= 15 is 0 Å². The summed E-state index contributed by atoms with van der Waals surface area (Å²) in [6.07, 6.45) is 2.12. The number of nitrogens with one attached hydrogen (secondary N) is 1. The Kier molecular flexibility index (Phi) is 3.64. The zero-order valence-electron chi connectivity index (χ0n) is 10.0. The van der Waals surface area contributed by atoms with Crippen LogP contribution in [0.2, 0.25) is 0 Å². The van der Waals surface area contributed by atoms with E-state index in [2.05, 4.69) is 17.3 Å². The summed E-state index contributed by atoms with van der Waals surface area (Å²) in [5, 5.41) is 12.4. The standard InChI is InChI=1S/C13H18N2O2/c1-15-8-6-10(7-9-15)14-12-5-3-2-4-11(12)13(16)17/h2-5,10,14H,6-9H2,1H3,(H,16,17). The Bertz CT molecular complexity index is 398. The summed E-state index contributed by atoms with van der Waals surface area (Å²) < 4.78 is 0. The first-order valence-corrected chi connectivity index (χ1v) is 5.94. The smallest absolute Gasteiger partial charge is 0.337 e. The van der Waals surface area contributed by atoms with E-state index in [-0.39, 0.29) is 0 Å². The quantitative estimate of drug-likeness (QED) is 0.838. The average molecular weight is 234 g/mol. The van der Waals surface area contributed by atoms with Crippen LogP contribution < -0.4 is 5.32 Å². The maximum absolute atomic E-state index is 11.1. The van der Waals surface area contributed by atoms with Gasteiger partial charge in [0.05, 0.1) is 5.56 Å². The summed E-state index contributed by atoms with van der Waals surface area (Å²) in [4.78, 5) is 13.4. The van der Waals surface area contributed by atoms with E-state index in [1.165, 1.54) is 0 Å². The van der Waals surface area contributed by atoms with Gasteiger partial charge in [0.1, 0.15) is 0 Å². The van der Waals surface area contributed by atoms with Crippen molar-refractivity contribution in [3.8, 4) is 0 Å². The highest BCUT2D eigenvalue weighted by Gasteiger charge is 2.18. The second kappa shape index (κ2) is 5.19. The molecular weight excluding hydrogens is 216 g/mol. The average Bonchev–Trinajstić information content (AvgIpc) is 2.32. The molecule has 0 amide bonds. The molecule has 0 saturated carbocycles. The minimum Gasteiger partial charge on any atom is -0.478 e. The number of carbonyl (C=O) groups is 1. The second-order valence-electron chi connectivity index (χ2n) is 4.57. The van der Waals surface area contributed by atoms with Crippen molar-refractivity contribution in [2.24, 2.45) is 0 Å². The number of nitrogens with zero attached hydrogens (tertiary/aromatic N) is 1. The highest BCUT2D eigenvalue weighted by Crippen LogP contribution is 2.19. The fourth-order valence-electron chi connectivity index (χ4n) is 2.17. The lowest BCUT2D eigenvalue weighted by molar-refractivity contribution is 0.0698. The van der Waals surface area contributed by atoms with Gasteiger partial charge in [0.25, 0.3) is 0 Å². The SMILES string of the molecule is CN1CCC(Nc2ccccc2C(=O)O)CC1. The lowest BCUT2D eigenvalue weighted by Gasteiger charge is -2.30. The number of rotatable bonds is 3. The number of para-hydroxylation sites is 1. The summed E-state index contributed by atoms with van der Waals surface area (Å²) >= 11 is 0. The number of anilines is 1. The first-order valence-electron chi connectivity index (χ1n) is 5.94. The van der Waals surface area contributed by atoms with Crippen molar-refractivity contribution in [1.82, 2.24) is 4.90 Å². The molecule has 0 bridgehead atoms. The van der Waals surface area contributed by atoms with E-state index in [0.717, 1.165) is 31.6 Å². The highest BCUT2D eigenvalue weighted by molar-refractivity contribution is 5.94. The molecule has 0 aliphatic carbocycles. The van der Waals surface area contributed by atoms with Gasteiger partial charge in [0.15, 0.2) is 0 Å². The van der Waals surface area contributed by atoms with Crippen LogP contribution in [-0.4, -0.2) is 42.2 Å². The van der Waals surface area contributed by atoms with Crippen LogP contribution in [0.4, 0.5) is 5.69 Å². The van der Waals surface area contributed by atoms with E-state index in [9.17, 15) is 4.79 Å². The van der Waals surface area contributed by atoms with Gasteiger partial charge in [0, 0.05) is 11.7 Å². The van der Waals surface area contributed by atoms with Gasteiger partial charge in [-0.2, -0.15) is 0 Å². The van der Waals surface area contributed by atoms with Crippen molar-refractivity contribution in [2.45, 2.75) is 18.9 Å². The van der Waals surface area contributed by atoms with E-state index in [1.54, 1.807) is 12.1 Å². The normalized spacial score (nSPS) is 17.9. The largest absolute Gasteiger partial charge is 0.478 e. The molecule has 1 aromatic rings. The van der Waals surface area contributed by atoms with Crippen LogP contribution in [0.5, 0.6) is 0 Å². The van der Waals surface area contributed by atoms with Gasteiger partial charge in [0.2, 0.25) is 0 Å². The molecule has 2 rings (SSSR count). The molecule has 0 atom stereocenters. The molecule has 0 radical (unpaired) electrons. The van der Waals surface area contributed by atoms with Crippen LogP contribution in [0, 0.1) is 0 Å². The van der Waals surface area contributed by atoms with Crippen LogP contribution in [0.15, 0.2) is 24.3 Å². The van der Waals surface area contributed by atoms with Gasteiger partial charge in [-0.15, -0.1) is 0 Å². The predicted octanol–water partition coefficient (Wildman–Crippen LogP) is 1.89. The van der Waals surface area contributed by atoms with E-state index < -0.39 is 5.97 Å². The molecule has 0 spiro atoms. The van der Waals surface area contributed by atoms with Crippen LogP contribution in [-0.2, 0) is 0 Å². The molecule has 1 aromatic carbocycles. The first-order chi connectivity index (χ1) is 8.16. The number of hydrogen-bond acceptors (Lipinski definition) is 3. The predicted molar refractivity (Wildman–Crippen MR) is 67.5 cm³/mol. The molecule has 1 aliphatic rings. The zero-order valence-corrected chi connectivity index (χ0v) is 10.0. The topological polar surface area (TPSA) is 52.6 Å². The van der Waals surface area contributed by atoms with Crippen LogP contribution >= 0.6 is 0 Å². The summed E-state index contributed by atoms with van der Waals surface area (Å²) in [5.74, 6) is -0.874. The number of hydrogen-bond donors (Lipinski definition) is 2. The summed E-state index contributed by atoms with van der Waals surface area (Å²) in [6, 6.07) is 7.47. The Hall–Kier alpha value is -1.55. The molecule has 1 aliphatic heterocycles. The van der Waals surface area contributed by atoms with E-state index in [0.29, 0.717) is 11.6 Å². The van der Waals surface area contributed by atoms with E-state index in [1.807, 2.05) is 12.1 Å². The van der Waals surface area contributed by atoms with Gasteiger partial charge < -0.3 is 15.3 Å². The van der Waals surface area contributed by atoms with Crippen molar-refractivity contribution >= 4 is 11.7 Å². The van der Waals surface area contributed by atoms with Crippen molar-refractivity contribution in [3.63, 3.8) is 0 Å². The zero-order chi connectivity index (χ0) is 12.3. The Morgan fingerprint density at radius 3 is 2.65 bits per heavy atom. The monoisotopic (exact) mass is 234 g/mol. The highest BCUT2D eigenvalue weighted by atomic mass is 16.4. The van der Waals surface area contributed by atoms with Crippen LogP contribution in [0.1, 0.15) is 23.2 Å². The van der Waals surface area contributed by atoms with E-state index in [4.69, 9.17) is 5.11 Å². The first kappa shape index (κ1) is 11.9. The Morgan fingerprint density at radius 1 is 1.35 bits per heavy atom. The second-order valence-corrected chi connectivity index (χ2v) is 4.57. The molecule has 92 valence electrons. The third-order valence-corrected chi connectivity index (χ3v) is 3.24. The molecular formula is C13H18N2O2. The number of piperidine rings is 1. The fraction of sp³-hybridized carbons (Fsp3) is 0.462. The number of aromatic carboxylic acids is 1. The van der Waals surface area contributed by atoms with Gasteiger partial charge in [-0.3, -0.25) is 0 Å². The summed E-state index contributed by atoms with van der Waals surface area (Å²) in [5.41, 5.74) is 1.08. The van der Waals surface area contributed by atoms with Crippen molar-refractivity contribution in [2.75, 3.05) is 25.5 Å². The Morgan fingerprint density at radius 2 is 2.00 bits per heavy atom. The molecule has 2 N–H and O–H groups in total. The molecule has 1 saturated heterocycles. The Balaban J connectivity index is 2.05. The molecule has 0 aromatic heterocycles. The van der Waals surface area contributed by atoms with Crippen molar-refractivity contribution < 1.29 is 9.90 Å². The minimum absolute atomic E-state index is 0.353. The third-order valence-electron chi connectivity index (χ3n) is 3.24.